The lowest BCUT2D eigenvalue weighted by atomic mass is 9.85. The van der Waals surface area contributed by atoms with Gasteiger partial charge in [0.15, 0.2) is 0 Å². The Morgan fingerprint density at radius 3 is 2.69 bits per heavy atom. The zero-order valence-corrected chi connectivity index (χ0v) is 10.0. The highest BCUT2D eigenvalue weighted by Gasteiger charge is 2.24. The van der Waals surface area contributed by atoms with E-state index in [0.717, 1.165) is 12.8 Å². The molecule has 1 amide bonds. The molecule has 1 aliphatic rings. The predicted molar refractivity (Wildman–Crippen MR) is 65.1 cm³/mol. The Morgan fingerprint density at radius 2 is 2.12 bits per heavy atom. The average Bonchev–Trinajstić information content (AvgIpc) is 2.13. The minimum Gasteiger partial charge on any atom is -0.352 e. The molecule has 1 aromatic carbocycles. The van der Waals surface area contributed by atoms with E-state index in [-0.39, 0.29) is 11.8 Å². The van der Waals surface area contributed by atoms with Crippen molar-refractivity contribution in [2.75, 3.05) is 0 Å². The molecule has 0 unspecified atom stereocenters. The first-order chi connectivity index (χ1) is 7.66. The normalized spacial score (nSPS) is 15.6. The van der Waals surface area contributed by atoms with Gasteiger partial charge >= 0.3 is 0 Å². The van der Waals surface area contributed by atoms with Crippen LogP contribution in [0, 0.1) is 19.8 Å². The van der Waals surface area contributed by atoms with Gasteiger partial charge in [0.25, 0.3) is 0 Å². The van der Waals surface area contributed by atoms with Gasteiger partial charge < -0.3 is 5.32 Å². The molecule has 1 saturated carbocycles. The summed E-state index contributed by atoms with van der Waals surface area (Å²) in [5.41, 5.74) is 3.75. The second kappa shape index (κ2) is 4.69. The average molecular weight is 217 g/mol. The van der Waals surface area contributed by atoms with Gasteiger partial charge in [0.05, 0.1) is 0 Å². The summed E-state index contributed by atoms with van der Waals surface area (Å²) in [6.07, 6.45) is 3.35. The highest BCUT2D eigenvalue weighted by molar-refractivity contribution is 5.79. The summed E-state index contributed by atoms with van der Waals surface area (Å²) in [7, 11) is 0. The quantitative estimate of drug-likeness (QED) is 0.828. The standard InChI is InChI=1S/C14H19NO/c1-10-6-7-13(11(2)8-10)9-15-14(16)12-4-3-5-12/h6-8,12H,3-5,9H2,1-2H3,(H,15,16). The Kier molecular flexibility index (Phi) is 3.28. The second-order valence-electron chi connectivity index (χ2n) is 4.78. The number of carbonyl (C=O) groups is 1. The van der Waals surface area contributed by atoms with Crippen molar-refractivity contribution in [3.8, 4) is 0 Å². The summed E-state index contributed by atoms with van der Waals surface area (Å²) in [4.78, 5) is 11.7. The van der Waals surface area contributed by atoms with Crippen LogP contribution >= 0.6 is 0 Å². The molecule has 1 N–H and O–H groups in total. The van der Waals surface area contributed by atoms with Crippen LogP contribution in [0.15, 0.2) is 18.2 Å². The van der Waals surface area contributed by atoms with Crippen LogP contribution in [0.1, 0.15) is 36.0 Å². The van der Waals surface area contributed by atoms with E-state index in [9.17, 15) is 4.79 Å². The molecule has 0 aliphatic heterocycles. The number of hydrogen-bond donors (Lipinski definition) is 1. The second-order valence-corrected chi connectivity index (χ2v) is 4.78. The molecule has 0 aromatic heterocycles. The third-order valence-corrected chi connectivity index (χ3v) is 3.43. The molecular weight excluding hydrogens is 198 g/mol. The maximum absolute atomic E-state index is 11.7. The summed E-state index contributed by atoms with van der Waals surface area (Å²) in [6, 6.07) is 6.36. The topological polar surface area (TPSA) is 29.1 Å². The van der Waals surface area contributed by atoms with Crippen molar-refractivity contribution in [3.05, 3.63) is 34.9 Å². The molecule has 0 spiro atoms. The van der Waals surface area contributed by atoms with Crippen LogP contribution in [0.5, 0.6) is 0 Å². The summed E-state index contributed by atoms with van der Waals surface area (Å²) in [6.45, 7) is 4.85. The Bertz CT molecular complexity index is 394. The zero-order valence-electron chi connectivity index (χ0n) is 10.0. The Hall–Kier alpha value is -1.31. The minimum atomic E-state index is 0.228. The van der Waals surface area contributed by atoms with E-state index in [2.05, 4.69) is 37.4 Å². The molecule has 1 aromatic rings. The SMILES string of the molecule is Cc1ccc(CNC(=O)C2CCC2)c(C)c1. The van der Waals surface area contributed by atoms with Crippen LogP contribution in [0.4, 0.5) is 0 Å². The molecule has 2 heteroatoms. The van der Waals surface area contributed by atoms with Gasteiger partial charge in [-0.3, -0.25) is 4.79 Å². The van der Waals surface area contributed by atoms with Crippen LogP contribution in [0.25, 0.3) is 0 Å². The van der Waals surface area contributed by atoms with Crippen molar-refractivity contribution in [1.29, 1.82) is 0 Å². The van der Waals surface area contributed by atoms with Crippen LogP contribution in [-0.4, -0.2) is 5.91 Å². The Labute approximate surface area is 97.1 Å². The maximum Gasteiger partial charge on any atom is 0.223 e. The van der Waals surface area contributed by atoms with Crippen molar-refractivity contribution in [2.45, 2.75) is 39.7 Å². The molecule has 2 nitrogen and oxygen atoms in total. The van der Waals surface area contributed by atoms with E-state index in [1.807, 2.05) is 0 Å². The number of nitrogens with one attached hydrogen (secondary N) is 1. The molecule has 0 bridgehead atoms. The third kappa shape index (κ3) is 2.43. The number of rotatable bonds is 3. The van der Waals surface area contributed by atoms with Crippen LogP contribution in [0.2, 0.25) is 0 Å². The Balaban J connectivity index is 1.91. The van der Waals surface area contributed by atoms with Gasteiger partial charge in [-0.1, -0.05) is 30.2 Å². The van der Waals surface area contributed by atoms with Crippen LogP contribution < -0.4 is 5.32 Å². The maximum atomic E-state index is 11.7. The number of aryl methyl sites for hydroxylation is 2. The minimum absolute atomic E-state index is 0.228. The lowest BCUT2D eigenvalue weighted by molar-refractivity contribution is -0.127. The first kappa shape index (κ1) is 11.2. The van der Waals surface area contributed by atoms with Gasteiger partial charge in [0.2, 0.25) is 5.91 Å². The van der Waals surface area contributed by atoms with E-state index in [1.54, 1.807) is 0 Å². The molecule has 1 aliphatic carbocycles. The lowest BCUT2D eigenvalue weighted by Gasteiger charge is -2.24. The predicted octanol–water partition coefficient (Wildman–Crippen LogP) is 2.72. The fraction of sp³-hybridized carbons (Fsp3) is 0.500. The lowest BCUT2D eigenvalue weighted by Crippen LogP contribution is -2.34. The number of hydrogen-bond acceptors (Lipinski definition) is 1. The van der Waals surface area contributed by atoms with Crippen LogP contribution in [0.3, 0.4) is 0 Å². The van der Waals surface area contributed by atoms with Crippen molar-refractivity contribution in [2.24, 2.45) is 5.92 Å². The van der Waals surface area contributed by atoms with Gasteiger partial charge in [0.1, 0.15) is 0 Å². The molecule has 0 heterocycles. The number of carbonyl (C=O) groups excluding carboxylic acids is 1. The van der Waals surface area contributed by atoms with Crippen molar-refractivity contribution in [3.63, 3.8) is 0 Å². The molecule has 1 fully saturated rings. The molecular formula is C14H19NO. The van der Waals surface area contributed by atoms with Gasteiger partial charge in [-0.15, -0.1) is 0 Å². The van der Waals surface area contributed by atoms with E-state index in [4.69, 9.17) is 0 Å². The first-order valence-electron chi connectivity index (χ1n) is 6.00. The zero-order chi connectivity index (χ0) is 11.5. The molecule has 86 valence electrons. The highest BCUT2D eigenvalue weighted by atomic mass is 16.1. The fourth-order valence-electron chi connectivity index (χ4n) is 2.04. The molecule has 0 saturated heterocycles. The van der Waals surface area contributed by atoms with Gasteiger partial charge in [-0.25, -0.2) is 0 Å². The smallest absolute Gasteiger partial charge is 0.223 e. The summed E-state index contributed by atoms with van der Waals surface area (Å²) in [5, 5.41) is 3.02. The number of benzene rings is 1. The summed E-state index contributed by atoms with van der Waals surface area (Å²) in [5.74, 6) is 0.511. The van der Waals surface area contributed by atoms with Crippen LogP contribution in [-0.2, 0) is 11.3 Å². The highest BCUT2D eigenvalue weighted by Crippen LogP contribution is 2.26. The largest absolute Gasteiger partial charge is 0.352 e. The molecule has 16 heavy (non-hydrogen) atoms. The molecule has 2 rings (SSSR count). The fourth-order valence-corrected chi connectivity index (χ4v) is 2.04. The van der Waals surface area contributed by atoms with Crippen molar-refractivity contribution < 1.29 is 4.79 Å². The number of amides is 1. The van der Waals surface area contributed by atoms with Gasteiger partial charge in [-0.2, -0.15) is 0 Å². The van der Waals surface area contributed by atoms with E-state index in [0.29, 0.717) is 6.54 Å². The van der Waals surface area contributed by atoms with Crippen molar-refractivity contribution in [1.82, 2.24) is 5.32 Å². The van der Waals surface area contributed by atoms with Gasteiger partial charge in [0, 0.05) is 12.5 Å². The third-order valence-electron chi connectivity index (χ3n) is 3.43. The van der Waals surface area contributed by atoms with Gasteiger partial charge in [-0.05, 0) is 37.8 Å². The molecule has 0 atom stereocenters. The molecule has 0 radical (unpaired) electrons. The summed E-state index contributed by atoms with van der Waals surface area (Å²) < 4.78 is 0. The Morgan fingerprint density at radius 1 is 1.38 bits per heavy atom. The van der Waals surface area contributed by atoms with E-state index < -0.39 is 0 Å². The van der Waals surface area contributed by atoms with Crippen molar-refractivity contribution >= 4 is 5.91 Å². The first-order valence-corrected chi connectivity index (χ1v) is 6.00. The summed E-state index contributed by atoms with van der Waals surface area (Å²) >= 11 is 0. The van der Waals surface area contributed by atoms with E-state index >= 15 is 0 Å². The van der Waals surface area contributed by atoms with E-state index in [1.165, 1.54) is 23.1 Å². The monoisotopic (exact) mass is 217 g/mol.